The molecule has 2 heterocycles. The number of aryl methyl sites for hydroxylation is 1. The molecule has 1 aliphatic rings. The Balaban J connectivity index is 1.48. The fourth-order valence-corrected chi connectivity index (χ4v) is 2.76. The molecule has 0 radical (unpaired) electrons. The van der Waals surface area contributed by atoms with Crippen LogP contribution >= 0.6 is 0 Å². The molecule has 0 spiro atoms. The lowest BCUT2D eigenvalue weighted by molar-refractivity contribution is -0.132. The zero-order valence-corrected chi connectivity index (χ0v) is 12.9. The molecule has 1 amide bonds. The SMILES string of the molecule is Cc1cc(CN2CCN(C(=O)Cc3ccccc3)CC2)no1. The fraction of sp³-hybridized carbons (Fsp3) is 0.412. The highest BCUT2D eigenvalue weighted by molar-refractivity contribution is 5.78. The predicted octanol–water partition coefficient (Wildman–Crippen LogP) is 1.87. The standard InChI is InChI=1S/C17H21N3O2/c1-14-11-16(18-22-14)13-19-7-9-20(10-8-19)17(21)12-15-5-3-2-4-6-15/h2-6,11H,7-10,12-13H2,1H3. The summed E-state index contributed by atoms with van der Waals surface area (Å²) < 4.78 is 5.09. The van der Waals surface area contributed by atoms with Crippen molar-refractivity contribution in [1.82, 2.24) is 15.0 Å². The molecule has 0 unspecified atom stereocenters. The van der Waals surface area contributed by atoms with Crippen LogP contribution in [0.15, 0.2) is 40.9 Å². The van der Waals surface area contributed by atoms with E-state index < -0.39 is 0 Å². The summed E-state index contributed by atoms with van der Waals surface area (Å²) in [6, 6.07) is 11.9. The predicted molar refractivity (Wildman–Crippen MR) is 83.2 cm³/mol. The second kappa shape index (κ2) is 6.75. The summed E-state index contributed by atoms with van der Waals surface area (Å²) in [5, 5.41) is 4.02. The summed E-state index contributed by atoms with van der Waals surface area (Å²) in [5.74, 6) is 1.05. The largest absolute Gasteiger partial charge is 0.361 e. The van der Waals surface area contributed by atoms with E-state index in [4.69, 9.17) is 4.52 Å². The highest BCUT2D eigenvalue weighted by Gasteiger charge is 2.21. The van der Waals surface area contributed by atoms with Crippen LogP contribution < -0.4 is 0 Å². The van der Waals surface area contributed by atoms with Gasteiger partial charge >= 0.3 is 0 Å². The molecule has 0 bridgehead atoms. The van der Waals surface area contributed by atoms with Gasteiger partial charge in [-0.1, -0.05) is 35.5 Å². The van der Waals surface area contributed by atoms with Crippen LogP contribution in [-0.4, -0.2) is 47.0 Å². The average molecular weight is 299 g/mol. The van der Waals surface area contributed by atoms with Gasteiger partial charge in [0.05, 0.1) is 12.1 Å². The molecule has 2 aromatic rings. The summed E-state index contributed by atoms with van der Waals surface area (Å²) >= 11 is 0. The molecule has 0 aliphatic carbocycles. The topological polar surface area (TPSA) is 49.6 Å². The number of nitrogens with zero attached hydrogens (tertiary/aromatic N) is 3. The number of amides is 1. The van der Waals surface area contributed by atoms with E-state index in [0.29, 0.717) is 6.42 Å². The molecule has 22 heavy (non-hydrogen) atoms. The minimum Gasteiger partial charge on any atom is -0.361 e. The van der Waals surface area contributed by atoms with E-state index in [2.05, 4.69) is 10.1 Å². The van der Waals surface area contributed by atoms with Gasteiger partial charge < -0.3 is 9.42 Å². The molecular formula is C17H21N3O2. The van der Waals surface area contributed by atoms with E-state index in [1.54, 1.807) is 0 Å². The molecule has 0 N–H and O–H groups in total. The number of carbonyl (C=O) groups excluding carboxylic acids is 1. The summed E-state index contributed by atoms with van der Waals surface area (Å²) in [4.78, 5) is 16.6. The van der Waals surface area contributed by atoms with Crippen LogP contribution in [0.4, 0.5) is 0 Å². The van der Waals surface area contributed by atoms with E-state index in [-0.39, 0.29) is 5.91 Å². The number of aromatic nitrogens is 1. The quantitative estimate of drug-likeness (QED) is 0.865. The Labute approximate surface area is 130 Å². The van der Waals surface area contributed by atoms with Crippen LogP contribution in [0, 0.1) is 6.92 Å². The van der Waals surface area contributed by atoms with E-state index in [9.17, 15) is 4.79 Å². The van der Waals surface area contributed by atoms with Gasteiger partial charge in [0.15, 0.2) is 0 Å². The number of benzene rings is 1. The Morgan fingerprint density at radius 1 is 1.18 bits per heavy atom. The van der Waals surface area contributed by atoms with Crippen LogP contribution in [-0.2, 0) is 17.8 Å². The maximum Gasteiger partial charge on any atom is 0.227 e. The van der Waals surface area contributed by atoms with Gasteiger partial charge in [0.25, 0.3) is 0 Å². The van der Waals surface area contributed by atoms with Crippen LogP contribution in [0.25, 0.3) is 0 Å². The van der Waals surface area contributed by atoms with E-state index >= 15 is 0 Å². The molecule has 1 fully saturated rings. The Kier molecular flexibility index (Phi) is 4.53. The van der Waals surface area contributed by atoms with Crippen molar-refractivity contribution < 1.29 is 9.32 Å². The van der Waals surface area contributed by atoms with Gasteiger partial charge in [-0.2, -0.15) is 0 Å². The Morgan fingerprint density at radius 3 is 2.55 bits per heavy atom. The summed E-state index contributed by atoms with van der Waals surface area (Å²) in [5.41, 5.74) is 2.04. The van der Waals surface area contributed by atoms with Crippen LogP contribution in [0.3, 0.4) is 0 Å². The van der Waals surface area contributed by atoms with Gasteiger partial charge in [0.1, 0.15) is 5.76 Å². The van der Waals surface area contributed by atoms with Crippen molar-refractivity contribution in [1.29, 1.82) is 0 Å². The third kappa shape index (κ3) is 3.74. The van der Waals surface area contributed by atoms with Crippen molar-refractivity contribution in [2.24, 2.45) is 0 Å². The third-order valence-corrected chi connectivity index (χ3v) is 3.99. The number of piperazine rings is 1. The minimum atomic E-state index is 0.211. The minimum absolute atomic E-state index is 0.211. The van der Waals surface area contributed by atoms with Gasteiger partial charge in [-0.3, -0.25) is 9.69 Å². The lowest BCUT2D eigenvalue weighted by atomic mass is 10.1. The van der Waals surface area contributed by atoms with Crippen molar-refractivity contribution in [2.75, 3.05) is 26.2 Å². The van der Waals surface area contributed by atoms with Gasteiger partial charge in [-0.05, 0) is 12.5 Å². The van der Waals surface area contributed by atoms with Gasteiger partial charge in [0.2, 0.25) is 5.91 Å². The molecule has 5 heteroatoms. The molecule has 0 atom stereocenters. The first kappa shape index (κ1) is 14.8. The van der Waals surface area contributed by atoms with Crippen molar-refractivity contribution in [2.45, 2.75) is 19.9 Å². The molecule has 5 nitrogen and oxygen atoms in total. The molecule has 116 valence electrons. The lowest BCUT2D eigenvalue weighted by Crippen LogP contribution is -2.48. The smallest absolute Gasteiger partial charge is 0.227 e. The van der Waals surface area contributed by atoms with Crippen LogP contribution in [0.2, 0.25) is 0 Å². The fourth-order valence-electron chi connectivity index (χ4n) is 2.76. The normalized spacial score (nSPS) is 16.0. The van der Waals surface area contributed by atoms with Crippen molar-refractivity contribution in [3.05, 3.63) is 53.4 Å². The molecule has 1 aromatic carbocycles. The zero-order valence-electron chi connectivity index (χ0n) is 12.9. The maximum atomic E-state index is 12.3. The molecule has 1 aromatic heterocycles. The third-order valence-electron chi connectivity index (χ3n) is 3.99. The van der Waals surface area contributed by atoms with Gasteiger partial charge in [-0.15, -0.1) is 0 Å². The first-order chi connectivity index (χ1) is 10.7. The second-order valence-electron chi connectivity index (χ2n) is 5.75. The maximum absolute atomic E-state index is 12.3. The number of rotatable bonds is 4. The van der Waals surface area contributed by atoms with Crippen LogP contribution in [0.5, 0.6) is 0 Å². The molecule has 3 rings (SSSR count). The van der Waals surface area contributed by atoms with Gasteiger partial charge in [0, 0.05) is 38.8 Å². The molecule has 1 aliphatic heterocycles. The zero-order chi connectivity index (χ0) is 15.4. The van der Waals surface area contributed by atoms with Crippen molar-refractivity contribution in [3.63, 3.8) is 0 Å². The average Bonchev–Trinajstić information content (AvgIpc) is 2.94. The summed E-state index contributed by atoms with van der Waals surface area (Å²) in [6.45, 7) is 6.01. The molecular weight excluding hydrogens is 278 g/mol. The van der Waals surface area contributed by atoms with Crippen molar-refractivity contribution in [3.8, 4) is 0 Å². The Morgan fingerprint density at radius 2 is 1.91 bits per heavy atom. The lowest BCUT2D eigenvalue weighted by Gasteiger charge is -2.34. The highest BCUT2D eigenvalue weighted by atomic mass is 16.5. The number of hydrogen-bond acceptors (Lipinski definition) is 4. The number of hydrogen-bond donors (Lipinski definition) is 0. The highest BCUT2D eigenvalue weighted by Crippen LogP contribution is 2.10. The summed E-state index contributed by atoms with van der Waals surface area (Å²) in [6.07, 6.45) is 0.489. The van der Waals surface area contributed by atoms with Crippen LogP contribution in [0.1, 0.15) is 17.0 Å². The second-order valence-corrected chi connectivity index (χ2v) is 5.75. The van der Waals surface area contributed by atoms with E-state index in [0.717, 1.165) is 49.7 Å². The summed E-state index contributed by atoms with van der Waals surface area (Å²) in [7, 11) is 0. The molecule has 1 saturated heterocycles. The molecule has 0 saturated carbocycles. The van der Waals surface area contributed by atoms with Crippen molar-refractivity contribution >= 4 is 5.91 Å². The first-order valence-corrected chi connectivity index (χ1v) is 7.67. The van der Waals surface area contributed by atoms with E-state index in [1.165, 1.54) is 0 Å². The monoisotopic (exact) mass is 299 g/mol. The Hall–Kier alpha value is -2.14. The first-order valence-electron chi connectivity index (χ1n) is 7.67. The van der Waals surface area contributed by atoms with Gasteiger partial charge in [-0.25, -0.2) is 0 Å². The number of carbonyl (C=O) groups is 1. The Bertz CT molecular complexity index is 616. The van der Waals surface area contributed by atoms with E-state index in [1.807, 2.05) is 48.2 Å².